The van der Waals surface area contributed by atoms with Crippen LogP contribution in [0.1, 0.15) is 28.5 Å². The fraction of sp³-hybridized carbons (Fsp3) is 0.150. The van der Waals surface area contributed by atoms with Crippen molar-refractivity contribution in [2.45, 2.75) is 20.5 Å². The van der Waals surface area contributed by atoms with Gasteiger partial charge in [-0.1, -0.05) is 18.2 Å². The smallest absolute Gasteiger partial charge is 0.342 e. The van der Waals surface area contributed by atoms with Gasteiger partial charge in [-0.2, -0.15) is 0 Å². The number of para-hydroxylation sites is 1. The van der Waals surface area contributed by atoms with Crippen molar-refractivity contribution in [3.63, 3.8) is 0 Å². The Balaban J connectivity index is 1.76. The molecule has 1 heterocycles. The maximum Gasteiger partial charge on any atom is 0.342 e. The number of ether oxygens (including phenoxy) is 1. The number of hydrogen-bond donors (Lipinski definition) is 2. The molecule has 2 N–H and O–H groups in total. The summed E-state index contributed by atoms with van der Waals surface area (Å²) in [7, 11) is 0. The molecule has 7 nitrogen and oxygen atoms in total. The van der Waals surface area contributed by atoms with Gasteiger partial charge in [0.15, 0.2) is 16.6 Å². The molecule has 150 valence electrons. The van der Waals surface area contributed by atoms with Crippen molar-refractivity contribution in [2.75, 3.05) is 4.90 Å². The molecule has 0 saturated carbocycles. The van der Waals surface area contributed by atoms with Crippen molar-refractivity contribution in [3.8, 4) is 11.5 Å². The number of rotatable bonds is 5. The quantitative estimate of drug-likeness (QED) is 0.481. The molecule has 0 aliphatic heterocycles. The Morgan fingerprint density at radius 1 is 1.17 bits per heavy atom. The van der Waals surface area contributed by atoms with Crippen LogP contribution in [0.15, 0.2) is 41.8 Å². The molecule has 0 spiro atoms. The zero-order valence-corrected chi connectivity index (χ0v) is 16.4. The van der Waals surface area contributed by atoms with Crippen LogP contribution in [0.2, 0.25) is 0 Å². The molecule has 1 amide bonds. The van der Waals surface area contributed by atoms with Gasteiger partial charge in [-0.15, -0.1) is 11.3 Å². The third-order valence-electron chi connectivity index (χ3n) is 4.06. The van der Waals surface area contributed by atoms with Gasteiger partial charge in [-0.3, -0.25) is 9.69 Å². The molecule has 29 heavy (non-hydrogen) atoms. The van der Waals surface area contributed by atoms with E-state index in [1.165, 1.54) is 37.3 Å². The Morgan fingerprint density at radius 2 is 1.90 bits per heavy atom. The Morgan fingerprint density at radius 3 is 2.59 bits per heavy atom. The van der Waals surface area contributed by atoms with Crippen LogP contribution in [0.25, 0.3) is 0 Å². The minimum absolute atomic E-state index is 0.0675. The zero-order valence-electron chi connectivity index (χ0n) is 15.5. The summed E-state index contributed by atoms with van der Waals surface area (Å²) in [4.78, 5) is 29.6. The van der Waals surface area contributed by atoms with Crippen LogP contribution in [0.5, 0.6) is 11.5 Å². The lowest BCUT2D eigenvalue weighted by Crippen LogP contribution is -2.23. The summed E-state index contributed by atoms with van der Waals surface area (Å²) in [5.74, 6) is -2.79. The van der Waals surface area contributed by atoms with Gasteiger partial charge in [-0.05, 0) is 30.7 Å². The molecule has 3 aromatic rings. The maximum absolute atomic E-state index is 14.1. The third-order valence-corrected chi connectivity index (χ3v) is 4.94. The predicted octanol–water partition coefficient (Wildman–Crippen LogP) is 4.04. The lowest BCUT2D eigenvalue weighted by Gasteiger charge is -2.18. The second-order valence-corrected chi connectivity index (χ2v) is 6.97. The maximum atomic E-state index is 14.1. The molecule has 9 heteroatoms. The molecular formula is C20H17FN2O5S. The Labute approximate surface area is 169 Å². The van der Waals surface area contributed by atoms with Gasteiger partial charge < -0.3 is 14.9 Å². The second kappa shape index (κ2) is 8.27. The molecule has 0 fully saturated rings. The molecule has 0 aliphatic rings. The van der Waals surface area contributed by atoms with Gasteiger partial charge in [0.2, 0.25) is 5.91 Å². The number of anilines is 2. The number of amides is 1. The summed E-state index contributed by atoms with van der Waals surface area (Å²) in [5, 5.41) is 21.4. The van der Waals surface area contributed by atoms with E-state index in [0.29, 0.717) is 11.3 Å². The highest BCUT2D eigenvalue weighted by Crippen LogP contribution is 2.33. The molecule has 2 aromatic carbocycles. The number of aromatic hydroxyl groups is 2. The van der Waals surface area contributed by atoms with Crippen molar-refractivity contribution in [3.05, 3.63) is 64.4 Å². The molecule has 1 aromatic heterocycles. The first-order valence-corrected chi connectivity index (χ1v) is 9.36. The van der Waals surface area contributed by atoms with E-state index in [2.05, 4.69) is 4.98 Å². The minimum Gasteiger partial charge on any atom is -0.504 e. The highest BCUT2D eigenvalue weighted by Gasteiger charge is 2.22. The topological polar surface area (TPSA) is 100.0 Å². The molecule has 0 aliphatic carbocycles. The average molecular weight is 416 g/mol. The summed E-state index contributed by atoms with van der Waals surface area (Å²) in [5.41, 5.74) is 0.649. The van der Waals surface area contributed by atoms with Crippen LogP contribution in [0.3, 0.4) is 0 Å². The average Bonchev–Trinajstić information content (AvgIpc) is 3.14. The SMILES string of the molecule is CC(=O)N(c1nc(COC(=O)c2ccc(C)c(O)c2O)cs1)c1ccccc1F. The lowest BCUT2D eigenvalue weighted by molar-refractivity contribution is -0.115. The van der Waals surface area contributed by atoms with Gasteiger partial charge in [-0.25, -0.2) is 14.2 Å². The van der Waals surface area contributed by atoms with Crippen molar-refractivity contribution in [1.29, 1.82) is 0 Å². The number of carbonyl (C=O) groups excluding carboxylic acids is 2. The minimum atomic E-state index is -0.843. The molecule has 0 bridgehead atoms. The van der Waals surface area contributed by atoms with Crippen molar-refractivity contribution in [2.24, 2.45) is 0 Å². The van der Waals surface area contributed by atoms with E-state index in [1.54, 1.807) is 18.4 Å². The van der Waals surface area contributed by atoms with E-state index in [9.17, 15) is 24.2 Å². The second-order valence-electron chi connectivity index (χ2n) is 6.13. The van der Waals surface area contributed by atoms with Gasteiger partial charge in [0, 0.05) is 12.3 Å². The van der Waals surface area contributed by atoms with E-state index in [4.69, 9.17) is 4.74 Å². The number of carbonyl (C=O) groups is 2. The Kier molecular flexibility index (Phi) is 5.79. The number of halogens is 1. The van der Waals surface area contributed by atoms with Gasteiger partial charge in [0.25, 0.3) is 0 Å². The molecule has 0 radical (unpaired) electrons. The molecule has 0 saturated heterocycles. The van der Waals surface area contributed by atoms with Crippen molar-refractivity contribution in [1.82, 2.24) is 4.98 Å². The number of aryl methyl sites for hydroxylation is 1. The number of phenolic OH excluding ortho intramolecular Hbond substituents is 2. The number of aromatic nitrogens is 1. The van der Waals surface area contributed by atoms with Crippen LogP contribution >= 0.6 is 11.3 Å². The number of phenols is 2. The van der Waals surface area contributed by atoms with Gasteiger partial charge in [0.05, 0.1) is 11.4 Å². The Bertz CT molecular complexity index is 1080. The fourth-order valence-corrected chi connectivity index (χ4v) is 3.43. The van der Waals surface area contributed by atoms with E-state index in [1.807, 2.05) is 0 Å². The third kappa shape index (κ3) is 4.19. The van der Waals surface area contributed by atoms with E-state index < -0.39 is 29.2 Å². The zero-order chi connectivity index (χ0) is 21.1. The summed E-state index contributed by atoms with van der Waals surface area (Å²) in [6.45, 7) is 2.64. The standard InChI is InChI=1S/C20H17FN2O5S/c1-11-7-8-14(18(26)17(11)25)19(27)28-9-13-10-29-20(22-13)23(12(2)24)16-6-4-3-5-15(16)21/h3-8,10,25-26H,9H2,1-2H3. The van der Waals surface area contributed by atoms with Crippen LogP contribution in [-0.4, -0.2) is 27.1 Å². The largest absolute Gasteiger partial charge is 0.504 e. The summed E-state index contributed by atoms with van der Waals surface area (Å²) < 4.78 is 19.2. The number of benzene rings is 2. The van der Waals surface area contributed by atoms with Crippen molar-refractivity contribution < 1.29 is 28.9 Å². The summed E-state index contributed by atoms with van der Waals surface area (Å²) in [6, 6.07) is 8.65. The van der Waals surface area contributed by atoms with Crippen LogP contribution < -0.4 is 4.90 Å². The highest BCUT2D eigenvalue weighted by molar-refractivity contribution is 7.14. The van der Waals surface area contributed by atoms with Crippen LogP contribution in [0, 0.1) is 12.7 Å². The number of hydrogen-bond acceptors (Lipinski definition) is 7. The van der Waals surface area contributed by atoms with Crippen LogP contribution in [-0.2, 0) is 16.1 Å². The molecule has 3 rings (SSSR count). The van der Waals surface area contributed by atoms with E-state index in [0.717, 1.165) is 16.2 Å². The highest BCUT2D eigenvalue weighted by atomic mass is 32.1. The fourth-order valence-electron chi connectivity index (χ4n) is 2.57. The monoisotopic (exact) mass is 416 g/mol. The summed E-state index contributed by atoms with van der Waals surface area (Å²) >= 11 is 1.09. The van der Waals surface area contributed by atoms with Crippen LogP contribution in [0.4, 0.5) is 15.2 Å². The first-order chi connectivity index (χ1) is 13.8. The molecule has 0 unspecified atom stereocenters. The molecular weight excluding hydrogens is 399 g/mol. The number of nitrogens with zero attached hydrogens (tertiary/aromatic N) is 2. The van der Waals surface area contributed by atoms with Crippen molar-refractivity contribution >= 4 is 34.0 Å². The first-order valence-electron chi connectivity index (χ1n) is 8.48. The Hall–Kier alpha value is -3.46. The van der Waals surface area contributed by atoms with Gasteiger partial charge >= 0.3 is 5.97 Å². The normalized spacial score (nSPS) is 10.6. The number of thiazole rings is 1. The first kappa shape index (κ1) is 20.3. The van der Waals surface area contributed by atoms with Gasteiger partial charge in [0.1, 0.15) is 18.0 Å². The predicted molar refractivity (Wildman–Crippen MR) is 105 cm³/mol. The summed E-state index contributed by atoms with van der Waals surface area (Å²) in [6.07, 6.45) is 0. The number of esters is 1. The lowest BCUT2D eigenvalue weighted by atomic mass is 10.1. The van der Waals surface area contributed by atoms with E-state index in [-0.39, 0.29) is 23.0 Å². The molecule has 0 atom stereocenters. The van der Waals surface area contributed by atoms with E-state index >= 15 is 0 Å².